The molecule has 3 heteroatoms. The second-order valence-corrected chi connectivity index (χ2v) is 12.8. The fourth-order valence-electron chi connectivity index (χ4n) is 6.47. The molecule has 2 fully saturated rings. The maximum Gasteiger partial charge on any atom is 0.170 e. The van der Waals surface area contributed by atoms with Gasteiger partial charge in [-0.3, -0.25) is 0 Å². The van der Waals surface area contributed by atoms with E-state index in [1.165, 1.54) is 170 Å². The molecule has 0 spiro atoms. The van der Waals surface area contributed by atoms with E-state index in [4.69, 9.17) is 9.97 Å². The highest BCUT2D eigenvalue weighted by molar-refractivity contribution is 7.18. The minimum Gasteiger partial charge on any atom is -0.232 e. The maximum atomic E-state index is 5.21. The van der Waals surface area contributed by atoms with Crippen LogP contribution in [-0.2, 0) is 0 Å². The average molecular weight is 497 g/mol. The third-order valence-electron chi connectivity index (χ3n) is 8.77. The van der Waals surface area contributed by atoms with Crippen LogP contribution >= 0.6 is 11.3 Å². The van der Waals surface area contributed by atoms with E-state index in [0.717, 1.165) is 5.65 Å². The molecule has 0 bridgehead atoms. The fourth-order valence-corrected chi connectivity index (χ4v) is 7.55. The van der Waals surface area contributed by atoms with Crippen molar-refractivity contribution in [2.45, 2.75) is 166 Å². The van der Waals surface area contributed by atoms with E-state index >= 15 is 0 Å². The number of hydrogen-bond acceptors (Lipinski definition) is 3. The highest BCUT2D eigenvalue weighted by Crippen LogP contribution is 2.36. The zero-order valence-electron chi connectivity index (χ0n) is 22.6. The summed E-state index contributed by atoms with van der Waals surface area (Å²) in [6.45, 7) is 0. The molecule has 0 aliphatic heterocycles. The van der Waals surface area contributed by atoms with Gasteiger partial charge in [-0.1, -0.05) is 128 Å². The summed E-state index contributed by atoms with van der Waals surface area (Å²) in [4.78, 5) is 10.4. The number of nitrogens with zero attached hydrogens (tertiary/aromatic N) is 2. The Hall–Kier alpha value is -0.960. The third kappa shape index (κ3) is 9.45. The summed E-state index contributed by atoms with van der Waals surface area (Å²) in [6.07, 6.45) is 33.7. The van der Waals surface area contributed by atoms with Crippen molar-refractivity contribution in [3.8, 4) is 0 Å². The van der Waals surface area contributed by atoms with Crippen LogP contribution in [0.15, 0.2) is 12.1 Å². The van der Waals surface area contributed by atoms with Crippen molar-refractivity contribution in [1.29, 1.82) is 0 Å². The highest BCUT2D eigenvalue weighted by atomic mass is 32.1. The van der Waals surface area contributed by atoms with Gasteiger partial charge < -0.3 is 0 Å². The number of rotatable bonds is 2. The second kappa shape index (κ2) is 16.0. The Labute approximate surface area is 220 Å². The van der Waals surface area contributed by atoms with Crippen LogP contribution in [0.4, 0.5) is 0 Å². The van der Waals surface area contributed by atoms with Gasteiger partial charge in [0, 0.05) is 17.5 Å². The lowest BCUT2D eigenvalue weighted by atomic mass is 9.90. The first kappa shape index (κ1) is 27.1. The minimum atomic E-state index is 0.637. The van der Waals surface area contributed by atoms with Crippen LogP contribution in [0.2, 0.25) is 0 Å². The summed E-state index contributed by atoms with van der Waals surface area (Å²) >= 11 is 1.95. The van der Waals surface area contributed by atoms with Crippen LogP contribution < -0.4 is 0 Å². The lowest BCUT2D eigenvalue weighted by Gasteiger charge is -2.17. The van der Waals surface area contributed by atoms with Crippen molar-refractivity contribution >= 4 is 21.7 Å². The molecule has 2 aliphatic rings. The van der Waals surface area contributed by atoms with E-state index in [0.29, 0.717) is 11.8 Å². The van der Waals surface area contributed by atoms with Crippen LogP contribution in [0.1, 0.15) is 177 Å². The standard InChI is InChI=1S/C32H52N2S/c1-2-5-11-15-19-23-28(24-20-16-12-6-3-1)32-34-31-30(35-32)26-25-29(33-31)27-21-17-13-9-7-4-8-10-14-18-22-27/h25-28H,1-24H2. The third-order valence-corrected chi connectivity index (χ3v) is 9.94. The molecule has 2 aromatic heterocycles. The molecule has 0 atom stereocenters. The molecule has 0 radical (unpaired) electrons. The van der Waals surface area contributed by atoms with Gasteiger partial charge in [-0.25, -0.2) is 9.97 Å². The predicted octanol–water partition coefficient (Wildman–Crippen LogP) is 11.2. The first-order valence-electron chi connectivity index (χ1n) is 15.7. The Morgan fingerprint density at radius 1 is 0.457 bits per heavy atom. The van der Waals surface area contributed by atoms with E-state index in [1.54, 1.807) is 0 Å². The van der Waals surface area contributed by atoms with E-state index in [1.807, 2.05) is 11.3 Å². The normalized spacial score (nSPS) is 22.7. The molecule has 4 rings (SSSR count). The van der Waals surface area contributed by atoms with Crippen molar-refractivity contribution in [3.05, 3.63) is 22.8 Å². The van der Waals surface area contributed by atoms with Gasteiger partial charge in [-0.15, -0.1) is 11.3 Å². The Morgan fingerprint density at radius 3 is 1.31 bits per heavy atom. The minimum absolute atomic E-state index is 0.637. The van der Waals surface area contributed by atoms with Gasteiger partial charge >= 0.3 is 0 Å². The molecule has 2 heterocycles. The zero-order chi connectivity index (χ0) is 24.0. The van der Waals surface area contributed by atoms with Gasteiger partial charge in [0.05, 0.1) is 9.71 Å². The monoisotopic (exact) mass is 496 g/mol. The molecule has 0 unspecified atom stereocenters. The summed E-state index contributed by atoms with van der Waals surface area (Å²) in [6, 6.07) is 4.71. The van der Waals surface area contributed by atoms with Crippen molar-refractivity contribution in [1.82, 2.24) is 9.97 Å². The summed E-state index contributed by atoms with van der Waals surface area (Å²) < 4.78 is 1.32. The van der Waals surface area contributed by atoms with Crippen LogP contribution in [0.25, 0.3) is 10.3 Å². The van der Waals surface area contributed by atoms with Gasteiger partial charge in [-0.05, 0) is 37.8 Å². The van der Waals surface area contributed by atoms with Crippen LogP contribution in [0, 0.1) is 0 Å². The van der Waals surface area contributed by atoms with E-state index in [2.05, 4.69) is 12.1 Å². The Morgan fingerprint density at radius 2 is 0.857 bits per heavy atom. The number of fused-ring (bicyclic) bond motifs is 1. The smallest absolute Gasteiger partial charge is 0.170 e. The number of aromatic nitrogens is 2. The lowest BCUT2D eigenvalue weighted by Crippen LogP contribution is -2.03. The molecule has 35 heavy (non-hydrogen) atoms. The molecule has 2 nitrogen and oxygen atoms in total. The van der Waals surface area contributed by atoms with Crippen molar-refractivity contribution in [2.24, 2.45) is 0 Å². The van der Waals surface area contributed by atoms with Gasteiger partial charge in [0.25, 0.3) is 0 Å². The van der Waals surface area contributed by atoms with Crippen LogP contribution in [-0.4, -0.2) is 9.97 Å². The summed E-state index contributed by atoms with van der Waals surface area (Å²) in [7, 11) is 0. The Bertz CT molecular complexity index is 802. The molecule has 2 aromatic rings. The summed E-state index contributed by atoms with van der Waals surface area (Å²) in [5.74, 6) is 1.29. The quantitative estimate of drug-likeness (QED) is 0.413. The van der Waals surface area contributed by atoms with Gasteiger partial charge in [-0.2, -0.15) is 0 Å². The average Bonchev–Trinajstić information content (AvgIpc) is 3.29. The van der Waals surface area contributed by atoms with Gasteiger partial charge in [0.2, 0.25) is 0 Å². The van der Waals surface area contributed by atoms with E-state index in [-0.39, 0.29) is 0 Å². The zero-order valence-corrected chi connectivity index (χ0v) is 23.4. The van der Waals surface area contributed by atoms with Crippen LogP contribution in [0.3, 0.4) is 0 Å². The molecular formula is C32H52N2S. The van der Waals surface area contributed by atoms with Gasteiger partial charge in [0.15, 0.2) is 5.65 Å². The Kier molecular flexibility index (Phi) is 12.4. The molecule has 2 aliphatic carbocycles. The number of pyridine rings is 1. The molecule has 0 N–H and O–H groups in total. The van der Waals surface area contributed by atoms with Crippen molar-refractivity contribution in [3.63, 3.8) is 0 Å². The predicted molar refractivity (Wildman–Crippen MR) is 154 cm³/mol. The molecular weight excluding hydrogens is 444 g/mol. The van der Waals surface area contributed by atoms with E-state index in [9.17, 15) is 0 Å². The molecule has 0 aromatic carbocycles. The number of hydrogen-bond donors (Lipinski definition) is 0. The largest absolute Gasteiger partial charge is 0.232 e. The summed E-state index contributed by atoms with van der Waals surface area (Å²) in [5.41, 5.74) is 2.38. The van der Waals surface area contributed by atoms with Crippen molar-refractivity contribution in [2.75, 3.05) is 0 Å². The maximum absolute atomic E-state index is 5.21. The number of thiazole rings is 1. The van der Waals surface area contributed by atoms with E-state index < -0.39 is 0 Å². The summed E-state index contributed by atoms with van der Waals surface area (Å²) in [5, 5.41) is 1.38. The molecule has 196 valence electrons. The van der Waals surface area contributed by atoms with Crippen LogP contribution in [0.5, 0.6) is 0 Å². The highest BCUT2D eigenvalue weighted by Gasteiger charge is 2.19. The van der Waals surface area contributed by atoms with Crippen molar-refractivity contribution < 1.29 is 0 Å². The topological polar surface area (TPSA) is 25.8 Å². The first-order valence-corrected chi connectivity index (χ1v) is 16.5. The molecule has 0 saturated heterocycles. The first-order chi connectivity index (χ1) is 17.4. The fraction of sp³-hybridized carbons (Fsp3) is 0.812. The molecule has 2 saturated carbocycles. The lowest BCUT2D eigenvalue weighted by molar-refractivity contribution is 0.462. The Balaban J connectivity index is 1.42. The second-order valence-electron chi connectivity index (χ2n) is 11.7. The SMILES string of the molecule is c1cc2sc(C3CCCCCCCCCCCCC3)nc2nc1C1CCCCCCCCCCC1. The van der Waals surface area contributed by atoms with Gasteiger partial charge in [0.1, 0.15) is 0 Å². The molecule has 0 amide bonds.